The standard InChI is InChI=1S/C7H3ClFN4/c8-5-1-2-7(6(9)3-5)13-4-10-11-12-13/h1,3-4H. The van der Waals surface area contributed by atoms with Crippen LogP contribution >= 0.6 is 11.6 Å². The zero-order valence-corrected chi connectivity index (χ0v) is 7.03. The molecule has 0 aliphatic heterocycles. The number of hydrogen-bond acceptors (Lipinski definition) is 3. The van der Waals surface area contributed by atoms with Crippen LogP contribution < -0.4 is 0 Å². The highest BCUT2D eigenvalue weighted by Crippen LogP contribution is 2.15. The fourth-order valence-corrected chi connectivity index (χ4v) is 1.03. The first-order chi connectivity index (χ1) is 6.27. The molecule has 0 bridgehead atoms. The maximum atomic E-state index is 13.2. The van der Waals surface area contributed by atoms with Gasteiger partial charge in [-0.25, -0.2) is 4.39 Å². The Morgan fingerprint density at radius 1 is 1.54 bits per heavy atom. The molecule has 0 saturated heterocycles. The fraction of sp³-hybridized carbons (Fsp3) is 0. The molecular weight excluding hydrogens is 195 g/mol. The van der Waals surface area contributed by atoms with Crippen LogP contribution in [0, 0.1) is 11.9 Å². The molecular formula is C7H3ClFN4. The van der Waals surface area contributed by atoms with Crippen molar-refractivity contribution in [3.05, 3.63) is 35.4 Å². The van der Waals surface area contributed by atoms with E-state index in [0.717, 1.165) is 0 Å². The summed E-state index contributed by atoms with van der Waals surface area (Å²) in [6.07, 6.45) is 1.28. The van der Waals surface area contributed by atoms with Gasteiger partial charge in [-0.3, -0.25) is 0 Å². The van der Waals surface area contributed by atoms with E-state index >= 15 is 0 Å². The molecule has 6 heteroatoms. The van der Waals surface area contributed by atoms with E-state index in [9.17, 15) is 4.39 Å². The smallest absolute Gasteiger partial charge is 0.151 e. The van der Waals surface area contributed by atoms with Crippen LogP contribution in [0.5, 0.6) is 0 Å². The van der Waals surface area contributed by atoms with Gasteiger partial charge in [0, 0.05) is 11.1 Å². The van der Waals surface area contributed by atoms with Gasteiger partial charge >= 0.3 is 0 Å². The van der Waals surface area contributed by atoms with Crippen LogP contribution in [0.2, 0.25) is 5.02 Å². The summed E-state index contributed by atoms with van der Waals surface area (Å²) < 4.78 is 14.4. The highest BCUT2D eigenvalue weighted by Gasteiger charge is 2.05. The van der Waals surface area contributed by atoms with E-state index in [0.29, 0.717) is 0 Å². The van der Waals surface area contributed by atoms with Gasteiger partial charge in [0.1, 0.15) is 12.0 Å². The van der Waals surface area contributed by atoms with E-state index < -0.39 is 5.82 Å². The predicted octanol–water partition coefficient (Wildman–Crippen LogP) is 1.25. The number of halogens is 2. The molecule has 1 aromatic carbocycles. The Bertz CT molecular complexity index is 414. The summed E-state index contributed by atoms with van der Waals surface area (Å²) in [5.74, 6) is -0.514. The maximum Gasteiger partial charge on any atom is 0.151 e. The maximum absolute atomic E-state index is 13.2. The minimum Gasteiger partial charge on any atom is -0.205 e. The van der Waals surface area contributed by atoms with Gasteiger partial charge in [-0.2, -0.15) is 4.68 Å². The van der Waals surface area contributed by atoms with Crippen LogP contribution in [-0.4, -0.2) is 20.2 Å². The van der Waals surface area contributed by atoms with Gasteiger partial charge in [-0.1, -0.05) is 11.6 Å². The SMILES string of the molecule is Fc1cc(Cl)c[c]c1-n1cnnn1. The molecule has 0 aliphatic rings. The Morgan fingerprint density at radius 2 is 2.38 bits per heavy atom. The van der Waals surface area contributed by atoms with Crippen molar-refractivity contribution in [3.8, 4) is 5.69 Å². The molecule has 0 aliphatic carbocycles. The lowest BCUT2D eigenvalue weighted by Crippen LogP contribution is -1.98. The van der Waals surface area contributed by atoms with E-state index in [1.165, 1.54) is 23.1 Å². The van der Waals surface area contributed by atoms with Gasteiger partial charge in [-0.05, 0) is 22.6 Å². The summed E-state index contributed by atoms with van der Waals surface area (Å²) in [6, 6.07) is 5.24. The fourth-order valence-electron chi connectivity index (χ4n) is 0.877. The molecule has 0 amide bonds. The van der Waals surface area contributed by atoms with Crippen molar-refractivity contribution in [1.29, 1.82) is 0 Å². The van der Waals surface area contributed by atoms with Crippen molar-refractivity contribution < 1.29 is 4.39 Å². The van der Waals surface area contributed by atoms with Crippen LogP contribution in [0.15, 0.2) is 18.5 Å². The van der Waals surface area contributed by atoms with E-state index in [1.807, 2.05) is 0 Å². The second kappa shape index (κ2) is 3.10. The van der Waals surface area contributed by atoms with Crippen molar-refractivity contribution >= 4 is 11.6 Å². The number of benzene rings is 1. The normalized spacial score (nSPS) is 10.3. The third-order valence-corrected chi connectivity index (χ3v) is 1.63. The minimum absolute atomic E-state index is 0.148. The number of aromatic nitrogens is 4. The molecule has 2 aromatic rings. The van der Waals surface area contributed by atoms with E-state index in [1.54, 1.807) is 0 Å². The molecule has 2 rings (SSSR count). The van der Waals surface area contributed by atoms with Gasteiger partial charge in [0.05, 0.1) is 0 Å². The van der Waals surface area contributed by atoms with Gasteiger partial charge in [0.15, 0.2) is 5.82 Å². The lowest BCUT2D eigenvalue weighted by Gasteiger charge is -1.99. The summed E-state index contributed by atoms with van der Waals surface area (Å²) in [6.45, 7) is 0. The molecule has 1 aromatic heterocycles. The van der Waals surface area contributed by atoms with Crippen molar-refractivity contribution in [2.24, 2.45) is 0 Å². The Balaban J connectivity index is 2.53. The second-order valence-electron chi connectivity index (χ2n) is 2.27. The van der Waals surface area contributed by atoms with E-state index in [4.69, 9.17) is 11.6 Å². The Kier molecular flexibility index (Phi) is 1.94. The van der Waals surface area contributed by atoms with Gasteiger partial charge < -0.3 is 0 Å². The van der Waals surface area contributed by atoms with Crippen molar-refractivity contribution in [1.82, 2.24) is 20.2 Å². The molecule has 0 unspecified atom stereocenters. The molecule has 0 spiro atoms. The highest BCUT2D eigenvalue weighted by molar-refractivity contribution is 6.30. The number of nitrogens with zero attached hydrogens (tertiary/aromatic N) is 4. The average molecular weight is 198 g/mol. The molecule has 13 heavy (non-hydrogen) atoms. The quantitative estimate of drug-likeness (QED) is 0.691. The summed E-state index contributed by atoms with van der Waals surface area (Å²) in [5.41, 5.74) is 0.148. The van der Waals surface area contributed by atoms with Crippen LogP contribution in [0.4, 0.5) is 4.39 Å². The second-order valence-corrected chi connectivity index (χ2v) is 2.71. The first-order valence-electron chi connectivity index (χ1n) is 3.37. The Labute approximate surface area is 77.9 Å². The molecule has 0 saturated carbocycles. The van der Waals surface area contributed by atoms with Crippen LogP contribution in [0.25, 0.3) is 5.69 Å². The average Bonchev–Trinajstić information content (AvgIpc) is 2.56. The van der Waals surface area contributed by atoms with Gasteiger partial charge in [0.2, 0.25) is 0 Å². The van der Waals surface area contributed by atoms with Crippen LogP contribution in [-0.2, 0) is 0 Å². The number of hydrogen-bond donors (Lipinski definition) is 0. The highest BCUT2D eigenvalue weighted by atomic mass is 35.5. The molecule has 1 heterocycles. The zero-order chi connectivity index (χ0) is 9.26. The van der Waals surface area contributed by atoms with Crippen molar-refractivity contribution in [3.63, 3.8) is 0 Å². The Morgan fingerprint density at radius 3 is 3.00 bits per heavy atom. The molecule has 1 radical (unpaired) electrons. The zero-order valence-electron chi connectivity index (χ0n) is 6.28. The largest absolute Gasteiger partial charge is 0.205 e. The third kappa shape index (κ3) is 1.50. The first kappa shape index (κ1) is 8.12. The van der Waals surface area contributed by atoms with Crippen LogP contribution in [0.1, 0.15) is 0 Å². The van der Waals surface area contributed by atoms with Crippen molar-refractivity contribution in [2.45, 2.75) is 0 Å². The third-order valence-electron chi connectivity index (χ3n) is 1.42. The summed E-state index contributed by atoms with van der Waals surface area (Å²) >= 11 is 5.55. The van der Waals surface area contributed by atoms with Crippen LogP contribution in [0.3, 0.4) is 0 Å². The molecule has 0 N–H and O–H groups in total. The summed E-state index contributed by atoms with van der Waals surface area (Å²) in [4.78, 5) is 0. The van der Waals surface area contributed by atoms with Gasteiger partial charge in [0.25, 0.3) is 0 Å². The lowest BCUT2D eigenvalue weighted by atomic mass is 10.3. The molecule has 4 nitrogen and oxygen atoms in total. The number of rotatable bonds is 1. The molecule has 0 atom stereocenters. The summed E-state index contributed by atoms with van der Waals surface area (Å²) in [7, 11) is 0. The van der Waals surface area contributed by atoms with E-state index in [-0.39, 0.29) is 10.7 Å². The lowest BCUT2D eigenvalue weighted by molar-refractivity contribution is 0.606. The van der Waals surface area contributed by atoms with Crippen molar-refractivity contribution in [2.75, 3.05) is 0 Å². The topological polar surface area (TPSA) is 43.6 Å². The Hall–Kier alpha value is -1.49. The minimum atomic E-state index is -0.514. The molecule has 0 fully saturated rings. The first-order valence-corrected chi connectivity index (χ1v) is 3.75. The van der Waals surface area contributed by atoms with E-state index in [2.05, 4.69) is 21.6 Å². The summed E-state index contributed by atoms with van der Waals surface area (Å²) in [5, 5.41) is 10.6. The molecule has 65 valence electrons. The predicted molar refractivity (Wildman–Crippen MR) is 43.0 cm³/mol. The monoisotopic (exact) mass is 197 g/mol. The van der Waals surface area contributed by atoms with Gasteiger partial charge in [-0.15, -0.1) is 5.10 Å². The number of tetrazole rings is 1.